The van der Waals surface area contributed by atoms with Gasteiger partial charge in [0.05, 0.1) is 28.4 Å². The van der Waals surface area contributed by atoms with E-state index in [2.05, 4.69) is 6.07 Å². The Morgan fingerprint density at radius 2 is 2.22 bits per heavy atom. The zero-order valence-corrected chi connectivity index (χ0v) is 14.1. The first-order chi connectivity index (χ1) is 11.2. The molecule has 1 aromatic heterocycles. The molecule has 1 amide bonds. The number of hydrogen-bond donors (Lipinski definition) is 0. The minimum Gasteiger partial charge on any atom is -0.498 e. The van der Waals surface area contributed by atoms with Crippen molar-refractivity contribution in [1.29, 1.82) is 0 Å². The number of nitrogens with zero attached hydrogens (tertiary/aromatic N) is 2. The Bertz CT molecular complexity index is 747. The fourth-order valence-electron chi connectivity index (χ4n) is 3.47. The lowest BCUT2D eigenvalue weighted by atomic mass is 10.1. The van der Waals surface area contributed by atoms with Gasteiger partial charge in [-0.2, -0.15) is 0 Å². The van der Waals surface area contributed by atoms with Gasteiger partial charge >= 0.3 is 0 Å². The molecule has 1 aromatic carbocycles. The number of hydrogen-bond acceptors (Lipinski definition) is 4. The Morgan fingerprint density at radius 3 is 3.04 bits per heavy atom. The zero-order valence-electron chi connectivity index (χ0n) is 13.2. The molecule has 2 aliphatic rings. The van der Waals surface area contributed by atoms with E-state index in [1.165, 1.54) is 4.70 Å². The maximum Gasteiger partial charge on any atom is 0.253 e. The highest BCUT2D eigenvalue weighted by Gasteiger charge is 2.34. The summed E-state index contributed by atoms with van der Waals surface area (Å²) in [4.78, 5) is 19.7. The van der Waals surface area contributed by atoms with Gasteiger partial charge in [0.25, 0.3) is 5.91 Å². The molecule has 1 fully saturated rings. The van der Waals surface area contributed by atoms with E-state index in [1.807, 2.05) is 30.0 Å². The summed E-state index contributed by atoms with van der Waals surface area (Å²) in [5.74, 6) is 0.945. The van der Waals surface area contributed by atoms with E-state index >= 15 is 0 Å². The topological polar surface area (TPSA) is 42.4 Å². The minimum absolute atomic E-state index is 0.113. The molecule has 0 saturated carbocycles. The molecule has 0 radical (unpaired) electrons. The first-order valence-corrected chi connectivity index (χ1v) is 9.04. The number of carbonyl (C=O) groups excluding carboxylic acids is 1. The van der Waals surface area contributed by atoms with Gasteiger partial charge in [0, 0.05) is 6.54 Å². The minimum atomic E-state index is 0.113. The van der Waals surface area contributed by atoms with E-state index in [4.69, 9.17) is 9.72 Å². The van der Waals surface area contributed by atoms with Crippen LogP contribution >= 0.6 is 11.3 Å². The SMILES string of the molecule is CC1=C(C(=O)N2CCC[C@@H]2c2nc3ccccc3s2)CCCO1. The highest BCUT2D eigenvalue weighted by atomic mass is 32.1. The van der Waals surface area contributed by atoms with Gasteiger partial charge in [-0.25, -0.2) is 4.98 Å². The predicted octanol–water partition coefficient (Wildman–Crippen LogP) is 4.04. The number of amides is 1. The van der Waals surface area contributed by atoms with Gasteiger partial charge in [-0.1, -0.05) is 12.1 Å². The van der Waals surface area contributed by atoms with Crippen molar-refractivity contribution in [3.8, 4) is 0 Å². The molecule has 0 N–H and O–H groups in total. The number of allylic oxidation sites excluding steroid dienone is 1. The van der Waals surface area contributed by atoms with Crippen LogP contribution in [-0.2, 0) is 9.53 Å². The number of thiazole rings is 1. The summed E-state index contributed by atoms with van der Waals surface area (Å²) in [5, 5.41) is 1.06. The molecule has 0 aliphatic carbocycles. The molecule has 4 nitrogen and oxygen atoms in total. The van der Waals surface area contributed by atoms with Crippen LogP contribution in [0.4, 0.5) is 0 Å². The van der Waals surface area contributed by atoms with Crippen molar-refractivity contribution in [1.82, 2.24) is 9.88 Å². The molecule has 120 valence electrons. The van der Waals surface area contributed by atoms with Gasteiger partial charge in [-0.05, 0) is 44.7 Å². The molecular formula is C18H20N2O2S. The predicted molar refractivity (Wildman–Crippen MR) is 91.2 cm³/mol. The smallest absolute Gasteiger partial charge is 0.253 e. The van der Waals surface area contributed by atoms with Crippen molar-refractivity contribution in [2.45, 2.75) is 38.6 Å². The highest BCUT2D eigenvalue weighted by Crippen LogP contribution is 2.38. The quantitative estimate of drug-likeness (QED) is 0.835. The first kappa shape index (κ1) is 14.7. The van der Waals surface area contributed by atoms with Crippen molar-refractivity contribution < 1.29 is 9.53 Å². The van der Waals surface area contributed by atoms with Gasteiger partial charge < -0.3 is 9.64 Å². The Balaban J connectivity index is 1.65. The lowest BCUT2D eigenvalue weighted by Gasteiger charge is -2.27. The number of rotatable bonds is 2. The van der Waals surface area contributed by atoms with Crippen molar-refractivity contribution in [2.75, 3.05) is 13.2 Å². The summed E-state index contributed by atoms with van der Waals surface area (Å²) in [6.07, 6.45) is 3.80. The fourth-order valence-corrected chi connectivity index (χ4v) is 4.58. The molecule has 1 saturated heterocycles. The van der Waals surface area contributed by atoms with Crippen LogP contribution in [0.25, 0.3) is 10.2 Å². The second-order valence-corrected chi connectivity index (χ2v) is 7.23. The normalized spacial score (nSPS) is 21.8. The summed E-state index contributed by atoms with van der Waals surface area (Å²) in [5.41, 5.74) is 1.88. The molecule has 2 aliphatic heterocycles. The number of para-hydroxylation sites is 1. The molecule has 0 unspecified atom stereocenters. The van der Waals surface area contributed by atoms with Crippen molar-refractivity contribution >= 4 is 27.5 Å². The number of aromatic nitrogens is 1. The molecule has 1 atom stereocenters. The number of likely N-dealkylation sites (tertiary alicyclic amines) is 1. The highest BCUT2D eigenvalue weighted by molar-refractivity contribution is 7.18. The fraction of sp³-hybridized carbons (Fsp3) is 0.444. The van der Waals surface area contributed by atoms with Gasteiger partial charge in [-0.15, -0.1) is 11.3 Å². The molecular weight excluding hydrogens is 308 g/mol. The van der Waals surface area contributed by atoms with E-state index in [0.29, 0.717) is 0 Å². The average molecular weight is 328 g/mol. The third-order valence-electron chi connectivity index (χ3n) is 4.68. The van der Waals surface area contributed by atoms with Crippen LogP contribution in [-0.4, -0.2) is 28.9 Å². The van der Waals surface area contributed by atoms with E-state index < -0.39 is 0 Å². The lowest BCUT2D eigenvalue weighted by molar-refractivity contribution is -0.128. The van der Waals surface area contributed by atoms with Crippen LogP contribution in [0.15, 0.2) is 35.6 Å². The van der Waals surface area contributed by atoms with Gasteiger partial charge in [0.2, 0.25) is 0 Å². The largest absolute Gasteiger partial charge is 0.498 e. The molecule has 0 spiro atoms. The van der Waals surface area contributed by atoms with Crippen LogP contribution in [0.3, 0.4) is 0 Å². The molecule has 5 heteroatoms. The zero-order chi connectivity index (χ0) is 15.8. The molecule has 2 aromatic rings. The standard InChI is InChI=1S/C18H20N2O2S/c1-12-13(6-5-11-22-12)18(21)20-10-4-8-15(20)17-19-14-7-2-3-9-16(14)23-17/h2-3,7,9,15H,4-6,8,10-11H2,1H3/t15-/m1/s1. The van der Waals surface area contributed by atoms with E-state index in [0.717, 1.165) is 60.7 Å². The van der Waals surface area contributed by atoms with Crippen molar-refractivity contribution in [2.24, 2.45) is 0 Å². The second kappa shape index (κ2) is 5.96. The summed E-state index contributed by atoms with van der Waals surface area (Å²) >= 11 is 1.71. The van der Waals surface area contributed by atoms with Crippen LogP contribution in [0.2, 0.25) is 0 Å². The van der Waals surface area contributed by atoms with Gasteiger partial charge in [-0.3, -0.25) is 4.79 Å². The maximum absolute atomic E-state index is 13.0. The first-order valence-electron chi connectivity index (χ1n) is 8.23. The molecule has 3 heterocycles. The van der Waals surface area contributed by atoms with E-state index in [9.17, 15) is 4.79 Å². The Kier molecular flexibility index (Phi) is 3.81. The Hall–Kier alpha value is -1.88. The monoisotopic (exact) mass is 328 g/mol. The molecule has 0 bridgehead atoms. The summed E-state index contributed by atoms with van der Waals surface area (Å²) in [6.45, 7) is 3.45. The molecule has 23 heavy (non-hydrogen) atoms. The third-order valence-corrected chi connectivity index (χ3v) is 5.82. The second-order valence-electron chi connectivity index (χ2n) is 6.16. The molecule has 4 rings (SSSR count). The van der Waals surface area contributed by atoms with E-state index in [1.54, 1.807) is 11.3 Å². The Labute approximate surface area is 139 Å². The van der Waals surface area contributed by atoms with Gasteiger partial charge in [0.15, 0.2) is 0 Å². The lowest BCUT2D eigenvalue weighted by Crippen LogP contribution is -2.33. The summed E-state index contributed by atoms with van der Waals surface area (Å²) < 4.78 is 6.77. The average Bonchev–Trinajstić information content (AvgIpc) is 3.21. The van der Waals surface area contributed by atoms with Crippen LogP contribution in [0.5, 0.6) is 0 Å². The summed E-state index contributed by atoms with van der Waals surface area (Å²) in [7, 11) is 0. The number of ether oxygens (including phenoxy) is 1. The Morgan fingerprint density at radius 1 is 1.35 bits per heavy atom. The van der Waals surface area contributed by atoms with Crippen molar-refractivity contribution in [3.63, 3.8) is 0 Å². The van der Waals surface area contributed by atoms with Gasteiger partial charge in [0.1, 0.15) is 10.8 Å². The maximum atomic E-state index is 13.0. The third kappa shape index (κ3) is 2.63. The van der Waals surface area contributed by atoms with Crippen LogP contribution < -0.4 is 0 Å². The number of benzene rings is 1. The van der Waals surface area contributed by atoms with Crippen LogP contribution in [0.1, 0.15) is 43.7 Å². The number of carbonyl (C=O) groups is 1. The summed E-state index contributed by atoms with van der Waals surface area (Å²) in [6, 6.07) is 8.30. The van der Waals surface area contributed by atoms with Crippen LogP contribution in [0, 0.1) is 0 Å². The van der Waals surface area contributed by atoms with Crippen molar-refractivity contribution in [3.05, 3.63) is 40.6 Å². The number of fused-ring (bicyclic) bond motifs is 1. The van der Waals surface area contributed by atoms with E-state index in [-0.39, 0.29) is 11.9 Å².